The van der Waals surface area contributed by atoms with Gasteiger partial charge in [0.1, 0.15) is 6.61 Å². The fourth-order valence-corrected chi connectivity index (χ4v) is 10.5. The highest BCUT2D eigenvalue weighted by Crippen LogP contribution is 2.43. The summed E-state index contributed by atoms with van der Waals surface area (Å²) < 4.78 is 33.0. The topological polar surface area (TPSA) is 134 Å². The molecule has 0 heterocycles. The Labute approximate surface area is 464 Å². The number of unbranched alkanes of at least 4 members (excludes halogenated alkanes) is 43. The van der Waals surface area contributed by atoms with E-state index >= 15 is 0 Å². The lowest BCUT2D eigenvalue weighted by molar-refractivity contribution is -0.161. The zero-order valence-electron chi connectivity index (χ0n) is 49.6. The molecule has 442 valence electrons. The molecule has 0 aliphatic rings. The predicted molar refractivity (Wildman–Crippen MR) is 321 cm³/mol. The first-order valence-corrected chi connectivity index (χ1v) is 34.0. The van der Waals surface area contributed by atoms with E-state index in [4.69, 9.17) is 24.3 Å². The third kappa shape index (κ3) is 61.3. The van der Waals surface area contributed by atoms with E-state index < -0.39 is 26.5 Å². The highest BCUT2D eigenvalue weighted by atomic mass is 31.2. The lowest BCUT2D eigenvalue weighted by Gasteiger charge is -2.19. The molecule has 10 heteroatoms. The Kier molecular flexibility index (Phi) is 60.0. The van der Waals surface area contributed by atoms with E-state index in [2.05, 4.69) is 50.3 Å². The molecular formula is C65H124NO8P. The molecule has 9 nitrogen and oxygen atoms in total. The predicted octanol–water partition coefficient (Wildman–Crippen LogP) is 20.7. The monoisotopic (exact) mass is 1080 g/mol. The van der Waals surface area contributed by atoms with Crippen molar-refractivity contribution in [3.8, 4) is 0 Å². The number of carbonyl (C=O) groups excluding carboxylic acids is 2. The molecule has 0 aromatic heterocycles. The number of hydrogen-bond acceptors (Lipinski definition) is 8. The molecule has 3 N–H and O–H groups in total. The Morgan fingerprint density at radius 1 is 0.400 bits per heavy atom. The first kappa shape index (κ1) is 73.2. The summed E-state index contributed by atoms with van der Waals surface area (Å²) in [7, 11) is -4.38. The lowest BCUT2D eigenvalue weighted by atomic mass is 10.0. The number of hydrogen-bond donors (Lipinski definition) is 2. The van der Waals surface area contributed by atoms with Gasteiger partial charge in [-0.2, -0.15) is 0 Å². The van der Waals surface area contributed by atoms with Gasteiger partial charge in [-0.25, -0.2) is 4.57 Å². The second-order valence-corrected chi connectivity index (χ2v) is 23.4. The summed E-state index contributed by atoms with van der Waals surface area (Å²) in [5, 5.41) is 0. The van der Waals surface area contributed by atoms with Crippen LogP contribution in [-0.4, -0.2) is 49.3 Å². The molecule has 0 aromatic rings. The van der Waals surface area contributed by atoms with Crippen molar-refractivity contribution >= 4 is 19.8 Å². The Morgan fingerprint density at radius 3 is 1.03 bits per heavy atom. The maximum atomic E-state index is 12.7. The molecular weight excluding hydrogens is 954 g/mol. The van der Waals surface area contributed by atoms with E-state index in [1.807, 2.05) is 0 Å². The molecule has 0 radical (unpaired) electrons. The molecule has 0 aromatic carbocycles. The van der Waals surface area contributed by atoms with Crippen LogP contribution in [-0.2, 0) is 32.7 Å². The fraction of sp³-hybridized carbons (Fsp3) is 0.877. The summed E-state index contributed by atoms with van der Waals surface area (Å²) in [6.45, 7) is 3.78. The molecule has 0 saturated heterocycles. The van der Waals surface area contributed by atoms with Crippen molar-refractivity contribution in [3.63, 3.8) is 0 Å². The van der Waals surface area contributed by atoms with Crippen LogP contribution >= 0.6 is 7.82 Å². The fourth-order valence-electron chi connectivity index (χ4n) is 9.71. The highest BCUT2D eigenvalue weighted by molar-refractivity contribution is 7.47. The minimum atomic E-state index is -4.38. The summed E-state index contributed by atoms with van der Waals surface area (Å²) >= 11 is 0. The third-order valence-corrected chi connectivity index (χ3v) is 15.5. The van der Waals surface area contributed by atoms with Gasteiger partial charge >= 0.3 is 19.8 Å². The average molecular weight is 1080 g/mol. The summed E-state index contributed by atoms with van der Waals surface area (Å²) in [4.78, 5) is 35.1. The van der Waals surface area contributed by atoms with E-state index in [1.54, 1.807) is 0 Å². The summed E-state index contributed by atoms with van der Waals surface area (Å²) in [5.74, 6) is -0.809. The summed E-state index contributed by atoms with van der Waals surface area (Å²) in [5.41, 5.74) is 5.38. The zero-order chi connectivity index (χ0) is 54.5. The summed E-state index contributed by atoms with van der Waals surface area (Å²) in [6.07, 6.45) is 75.4. The molecule has 0 aliphatic carbocycles. The standard InChI is InChI=1S/C65H124NO8P/c1-3-5-7-9-11-13-15-17-18-19-20-21-22-23-24-25-26-27-28-29-30-31-32-33-34-35-36-37-38-39-40-41-42-43-44-46-48-50-52-54-56-58-65(68)74-63(62-73-75(69,70)72-60-59-66)61-71-64(67)57-55-53-51-49-47-45-16-14-12-10-8-6-4-2/h15,17,19-20,22-23,63H,3-14,16,18,21,24-62,66H2,1-2H3,(H,69,70)/b17-15-,20-19-,23-22-. The molecule has 0 saturated carbocycles. The first-order valence-electron chi connectivity index (χ1n) is 32.5. The van der Waals surface area contributed by atoms with Gasteiger partial charge < -0.3 is 20.1 Å². The van der Waals surface area contributed by atoms with Gasteiger partial charge in [0.2, 0.25) is 0 Å². The van der Waals surface area contributed by atoms with Crippen LogP contribution < -0.4 is 5.73 Å². The van der Waals surface area contributed by atoms with Crippen LogP contribution in [0.3, 0.4) is 0 Å². The Balaban J connectivity index is 3.70. The normalized spacial score (nSPS) is 13.2. The van der Waals surface area contributed by atoms with Crippen LogP contribution in [0.25, 0.3) is 0 Å². The van der Waals surface area contributed by atoms with Gasteiger partial charge in [0, 0.05) is 19.4 Å². The van der Waals surface area contributed by atoms with Crippen LogP contribution in [0.1, 0.15) is 335 Å². The van der Waals surface area contributed by atoms with Gasteiger partial charge in [-0.3, -0.25) is 18.6 Å². The quantitative estimate of drug-likeness (QED) is 0.0264. The van der Waals surface area contributed by atoms with Crippen LogP contribution in [0.5, 0.6) is 0 Å². The van der Waals surface area contributed by atoms with Gasteiger partial charge in [0.15, 0.2) is 6.10 Å². The van der Waals surface area contributed by atoms with Crippen LogP contribution in [0.2, 0.25) is 0 Å². The Morgan fingerprint density at radius 2 is 0.693 bits per heavy atom. The number of phosphoric acid groups is 1. The molecule has 0 aliphatic heterocycles. The van der Waals surface area contributed by atoms with Crippen molar-refractivity contribution in [2.24, 2.45) is 5.73 Å². The Hall–Kier alpha value is -1.77. The smallest absolute Gasteiger partial charge is 0.462 e. The average Bonchev–Trinajstić information content (AvgIpc) is 3.40. The molecule has 0 amide bonds. The maximum Gasteiger partial charge on any atom is 0.472 e. The number of rotatable bonds is 62. The zero-order valence-corrected chi connectivity index (χ0v) is 50.4. The van der Waals surface area contributed by atoms with Crippen molar-refractivity contribution in [2.75, 3.05) is 26.4 Å². The van der Waals surface area contributed by atoms with Crippen molar-refractivity contribution in [2.45, 2.75) is 341 Å². The number of allylic oxidation sites excluding steroid dienone is 6. The van der Waals surface area contributed by atoms with E-state index in [9.17, 15) is 19.0 Å². The molecule has 0 rings (SSSR count). The second-order valence-electron chi connectivity index (χ2n) is 22.0. The Bertz CT molecular complexity index is 1320. The van der Waals surface area contributed by atoms with E-state index in [1.165, 1.54) is 257 Å². The number of esters is 2. The van der Waals surface area contributed by atoms with Crippen LogP contribution in [0, 0.1) is 0 Å². The summed E-state index contributed by atoms with van der Waals surface area (Å²) in [6, 6.07) is 0. The van der Waals surface area contributed by atoms with Crippen molar-refractivity contribution in [3.05, 3.63) is 36.5 Å². The highest BCUT2D eigenvalue weighted by Gasteiger charge is 2.26. The number of carbonyl (C=O) groups is 2. The number of ether oxygens (including phenoxy) is 2. The maximum absolute atomic E-state index is 12.7. The lowest BCUT2D eigenvalue weighted by Crippen LogP contribution is -2.29. The van der Waals surface area contributed by atoms with Crippen LogP contribution in [0.15, 0.2) is 36.5 Å². The molecule has 0 bridgehead atoms. The minimum Gasteiger partial charge on any atom is -0.462 e. The molecule has 0 fully saturated rings. The second kappa shape index (κ2) is 61.4. The van der Waals surface area contributed by atoms with Crippen molar-refractivity contribution in [1.29, 1.82) is 0 Å². The van der Waals surface area contributed by atoms with E-state index in [0.717, 1.165) is 44.9 Å². The van der Waals surface area contributed by atoms with E-state index in [0.29, 0.717) is 6.42 Å². The number of phosphoric ester groups is 1. The molecule has 75 heavy (non-hydrogen) atoms. The van der Waals surface area contributed by atoms with E-state index in [-0.39, 0.29) is 38.6 Å². The first-order chi connectivity index (χ1) is 36.8. The molecule has 0 spiro atoms. The van der Waals surface area contributed by atoms with Gasteiger partial charge in [-0.05, 0) is 51.4 Å². The van der Waals surface area contributed by atoms with Gasteiger partial charge in [-0.15, -0.1) is 0 Å². The van der Waals surface area contributed by atoms with Crippen molar-refractivity contribution in [1.82, 2.24) is 0 Å². The van der Waals surface area contributed by atoms with Gasteiger partial charge in [-0.1, -0.05) is 307 Å². The van der Waals surface area contributed by atoms with Gasteiger partial charge in [0.25, 0.3) is 0 Å². The third-order valence-electron chi connectivity index (χ3n) is 14.5. The molecule has 2 atom stereocenters. The largest absolute Gasteiger partial charge is 0.472 e. The van der Waals surface area contributed by atoms with Gasteiger partial charge in [0.05, 0.1) is 13.2 Å². The minimum absolute atomic E-state index is 0.0567. The van der Waals surface area contributed by atoms with Crippen LogP contribution in [0.4, 0.5) is 0 Å². The number of nitrogens with two attached hydrogens (primary N) is 1. The SMILES string of the molecule is CCCCCCC/C=C\C/C=C\C/C=C\CCCCCCCCCCCCCCCCCCCCCCCCCCCCC(=O)OC(COC(=O)CCCCCCCCCCCCCCC)COP(=O)(O)OCCN. The molecule has 2 unspecified atom stereocenters. The van der Waals surface area contributed by atoms with Crippen molar-refractivity contribution < 1.29 is 37.6 Å².